The number of hydrogen-bond donors (Lipinski definition) is 1. The quantitative estimate of drug-likeness (QED) is 0.848. The molecule has 1 aromatic rings. The molecule has 0 aliphatic heterocycles. The summed E-state index contributed by atoms with van der Waals surface area (Å²) in [6.45, 7) is 1.69. The summed E-state index contributed by atoms with van der Waals surface area (Å²) in [5.74, 6) is -0.109. The fourth-order valence-electron chi connectivity index (χ4n) is 1.29. The van der Waals surface area contributed by atoms with Crippen molar-refractivity contribution in [1.29, 1.82) is 0 Å². The van der Waals surface area contributed by atoms with Crippen LogP contribution in [0.5, 0.6) is 0 Å². The summed E-state index contributed by atoms with van der Waals surface area (Å²) in [4.78, 5) is 24.6. The van der Waals surface area contributed by atoms with E-state index < -0.39 is 11.6 Å². The Labute approximate surface area is 104 Å². The molecule has 1 atom stereocenters. The van der Waals surface area contributed by atoms with Gasteiger partial charge in [0.2, 0.25) is 5.91 Å². The van der Waals surface area contributed by atoms with E-state index in [0.29, 0.717) is 5.69 Å². The third-order valence-electron chi connectivity index (χ3n) is 2.26. The van der Waals surface area contributed by atoms with E-state index in [2.05, 4.69) is 10.4 Å². The first kappa shape index (κ1) is 13.5. The van der Waals surface area contributed by atoms with Crippen molar-refractivity contribution < 1.29 is 4.79 Å². The lowest BCUT2D eigenvalue weighted by atomic mass is 10.3. The van der Waals surface area contributed by atoms with Gasteiger partial charge in [0, 0.05) is 21.1 Å². The molecule has 17 heavy (non-hydrogen) atoms. The van der Waals surface area contributed by atoms with Gasteiger partial charge in [-0.2, -0.15) is 5.10 Å². The Kier molecular flexibility index (Phi) is 4.11. The van der Waals surface area contributed by atoms with Crippen LogP contribution in [0.4, 0.5) is 5.69 Å². The van der Waals surface area contributed by atoms with Crippen LogP contribution in [-0.2, 0) is 11.8 Å². The first-order valence-corrected chi connectivity index (χ1v) is 5.42. The van der Waals surface area contributed by atoms with Gasteiger partial charge in [-0.25, -0.2) is 4.68 Å². The van der Waals surface area contributed by atoms with Crippen LogP contribution in [0.1, 0.15) is 6.92 Å². The SMILES string of the molecule is CC(Nc1cnn(C)c(=O)c1Cl)C(=O)N(C)C. The van der Waals surface area contributed by atoms with E-state index >= 15 is 0 Å². The Bertz CT molecular complexity index is 484. The minimum Gasteiger partial charge on any atom is -0.371 e. The molecule has 0 aliphatic rings. The number of halogens is 1. The Morgan fingerprint density at radius 3 is 2.71 bits per heavy atom. The average molecular weight is 259 g/mol. The lowest BCUT2D eigenvalue weighted by Gasteiger charge is -2.19. The topological polar surface area (TPSA) is 67.2 Å². The zero-order chi connectivity index (χ0) is 13.2. The number of aryl methyl sites for hydroxylation is 1. The average Bonchev–Trinajstić information content (AvgIpc) is 2.28. The van der Waals surface area contributed by atoms with Crippen molar-refractivity contribution in [2.24, 2.45) is 7.05 Å². The summed E-state index contributed by atoms with van der Waals surface area (Å²) in [6.07, 6.45) is 1.42. The normalized spacial score (nSPS) is 12.1. The molecule has 94 valence electrons. The summed E-state index contributed by atoms with van der Waals surface area (Å²) in [7, 11) is 4.82. The van der Waals surface area contributed by atoms with E-state index in [1.165, 1.54) is 18.1 Å². The molecule has 0 aromatic carbocycles. The maximum Gasteiger partial charge on any atom is 0.287 e. The lowest BCUT2D eigenvalue weighted by Crippen LogP contribution is -2.37. The number of carbonyl (C=O) groups is 1. The summed E-state index contributed by atoms with van der Waals surface area (Å²) in [5.41, 5.74) is -0.0429. The Hall–Kier alpha value is -1.56. The lowest BCUT2D eigenvalue weighted by molar-refractivity contribution is -0.129. The molecule has 0 spiro atoms. The van der Waals surface area contributed by atoms with Gasteiger partial charge in [0.25, 0.3) is 5.56 Å². The van der Waals surface area contributed by atoms with Crippen LogP contribution in [0, 0.1) is 0 Å². The van der Waals surface area contributed by atoms with Crippen LogP contribution in [0.3, 0.4) is 0 Å². The molecule has 1 N–H and O–H groups in total. The Balaban J connectivity index is 2.94. The van der Waals surface area contributed by atoms with Crippen LogP contribution in [0.15, 0.2) is 11.0 Å². The van der Waals surface area contributed by atoms with Gasteiger partial charge in [-0.15, -0.1) is 0 Å². The molecule has 0 fully saturated rings. The molecule has 6 nitrogen and oxygen atoms in total. The molecule has 0 radical (unpaired) electrons. The molecule has 1 aromatic heterocycles. The maximum absolute atomic E-state index is 11.6. The van der Waals surface area contributed by atoms with Crippen molar-refractivity contribution in [3.05, 3.63) is 21.6 Å². The van der Waals surface area contributed by atoms with Crippen LogP contribution in [0.25, 0.3) is 0 Å². The van der Waals surface area contributed by atoms with E-state index in [-0.39, 0.29) is 10.9 Å². The molecule has 1 heterocycles. The number of hydrogen-bond acceptors (Lipinski definition) is 4. The first-order chi connectivity index (χ1) is 7.84. The Morgan fingerprint density at radius 1 is 1.59 bits per heavy atom. The van der Waals surface area contributed by atoms with Crippen LogP contribution in [-0.4, -0.2) is 40.7 Å². The fourth-order valence-corrected chi connectivity index (χ4v) is 1.52. The molecule has 1 rings (SSSR count). The monoisotopic (exact) mass is 258 g/mol. The standard InChI is InChI=1S/C10H15ClN4O2/c1-6(9(16)14(2)3)13-7-5-12-15(4)10(17)8(7)11/h5-6,13H,1-4H3. The molecular formula is C10H15ClN4O2. The van der Waals surface area contributed by atoms with Crippen molar-refractivity contribution in [3.8, 4) is 0 Å². The zero-order valence-electron chi connectivity index (χ0n) is 10.2. The van der Waals surface area contributed by atoms with Gasteiger partial charge in [-0.05, 0) is 6.92 Å². The summed E-state index contributed by atoms with van der Waals surface area (Å²) >= 11 is 5.87. The van der Waals surface area contributed by atoms with Gasteiger partial charge in [0.1, 0.15) is 11.1 Å². The summed E-state index contributed by atoms with van der Waals surface area (Å²) in [5, 5.41) is 6.72. The van der Waals surface area contributed by atoms with Crippen LogP contribution >= 0.6 is 11.6 Å². The van der Waals surface area contributed by atoms with Crippen molar-refractivity contribution >= 4 is 23.2 Å². The molecule has 1 amide bonds. The number of nitrogens with zero attached hydrogens (tertiary/aromatic N) is 3. The molecule has 7 heteroatoms. The fraction of sp³-hybridized carbons (Fsp3) is 0.500. The molecule has 1 unspecified atom stereocenters. The highest BCUT2D eigenvalue weighted by molar-refractivity contribution is 6.33. The molecule has 0 saturated heterocycles. The molecule has 0 saturated carbocycles. The number of aromatic nitrogens is 2. The van der Waals surface area contributed by atoms with Crippen molar-refractivity contribution in [2.45, 2.75) is 13.0 Å². The van der Waals surface area contributed by atoms with Gasteiger partial charge < -0.3 is 10.2 Å². The smallest absolute Gasteiger partial charge is 0.287 e. The third kappa shape index (κ3) is 2.97. The number of anilines is 1. The Morgan fingerprint density at radius 2 is 2.18 bits per heavy atom. The van der Waals surface area contributed by atoms with Crippen molar-refractivity contribution in [2.75, 3.05) is 19.4 Å². The largest absolute Gasteiger partial charge is 0.371 e. The number of amides is 1. The van der Waals surface area contributed by atoms with E-state index in [9.17, 15) is 9.59 Å². The second-order valence-electron chi connectivity index (χ2n) is 3.90. The minimum atomic E-state index is -0.476. The van der Waals surface area contributed by atoms with Crippen LogP contribution in [0.2, 0.25) is 5.02 Å². The van der Waals surface area contributed by atoms with E-state index in [1.807, 2.05) is 0 Å². The molecule has 0 aliphatic carbocycles. The number of likely N-dealkylation sites (N-methyl/N-ethyl adjacent to an activating group) is 1. The predicted octanol–water partition coefficient (Wildman–Crippen LogP) is 0.322. The van der Waals surface area contributed by atoms with Gasteiger partial charge in [-0.3, -0.25) is 9.59 Å². The van der Waals surface area contributed by atoms with E-state index in [0.717, 1.165) is 4.68 Å². The highest BCUT2D eigenvalue weighted by Crippen LogP contribution is 2.16. The minimum absolute atomic E-state index is 0.0286. The van der Waals surface area contributed by atoms with Gasteiger partial charge in [0.15, 0.2) is 0 Å². The third-order valence-corrected chi connectivity index (χ3v) is 2.63. The number of nitrogens with one attached hydrogen (secondary N) is 1. The predicted molar refractivity (Wildman–Crippen MR) is 66.3 cm³/mol. The van der Waals surface area contributed by atoms with Gasteiger partial charge in [0.05, 0.1) is 11.9 Å². The molecule has 0 bridgehead atoms. The highest BCUT2D eigenvalue weighted by atomic mass is 35.5. The van der Waals surface area contributed by atoms with E-state index in [1.54, 1.807) is 21.0 Å². The van der Waals surface area contributed by atoms with Crippen molar-refractivity contribution in [1.82, 2.24) is 14.7 Å². The second-order valence-corrected chi connectivity index (χ2v) is 4.28. The number of rotatable bonds is 3. The van der Waals surface area contributed by atoms with Gasteiger partial charge >= 0.3 is 0 Å². The summed E-state index contributed by atoms with van der Waals surface area (Å²) in [6, 6.07) is -0.476. The highest BCUT2D eigenvalue weighted by Gasteiger charge is 2.17. The maximum atomic E-state index is 11.6. The molecular weight excluding hydrogens is 244 g/mol. The van der Waals surface area contributed by atoms with Crippen molar-refractivity contribution in [3.63, 3.8) is 0 Å². The number of carbonyl (C=O) groups excluding carboxylic acids is 1. The van der Waals surface area contributed by atoms with Crippen LogP contribution < -0.4 is 10.9 Å². The summed E-state index contributed by atoms with van der Waals surface area (Å²) < 4.78 is 1.13. The van der Waals surface area contributed by atoms with Gasteiger partial charge in [-0.1, -0.05) is 11.6 Å². The first-order valence-electron chi connectivity index (χ1n) is 5.04. The second kappa shape index (κ2) is 5.18. The van der Waals surface area contributed by atoms with E-state index in [4.69, 9.17) is 11.6 Å². The zero-order valence-corrected chi connectivity index (χ0v) is 10.9.